The highest BCUT2D eigenvalue weighted by Gasteiger charge is 2.17. The summed E-state index contributed by atoms with van der Waals surface area (Å²) < 4.78 is 18.6. The molecule has 0 radical (unpaired) electrons. The fourth-order valence-electron chi connectivity index (χ4n) is 2.62. The molecule has 1 saturated heterocycles. The van der Waals surface area contributed by atoms with Gasteiger partial charge in [-0.1, -0.05) is 0 Å². The second kappa shape index (κ2) is 14.1. The van der Waals surface area contributed by atoms with Crippen molar-refractivity contribution in [3.8, 4) is 0 Å². The molecule has 2 heterocycles. The first-order valence-electron chi connectivity index (χ1n) is 9.77. The van der Waals surface area contributed by atoms with Crippen LogP contribution in [-0.4, -0.2) is 72.4 Å². The van der Waals surface area contributed by atoms with Crippen molar-refractivity contribution in [3.05, 3.63) is 11.6 Å². The molecule has 0 aromatic carbocycles. The number of rotatable bonds is 11. The van der Waals surface area contributed by atoms with E-state index in [1.807, 2.05) is 25.5 Å². The number of nitrogens with zero attached hydrogens (tertiary/aromatic N) is 4. The van der Waals surface area contributed by atoms with E-state index in [9.17, 15) is 0 Å². The summed E-state index contributed by atoms with van der Waals surface area (Å²) in [5.74, 6) is 2.45. The summed E-state index contributed by atoms with van der Waals surface area (Å²) in [7, 11) is 1.95. The summed E-state index contributed by atoms with van der Waals surface area (Å²) in [6.07, 6.45) is 2.09. The summed E-state index contributed by atoms with van der Waals surface area (Å²) in [5, 5.41) is 15.0. The van der Waals surface area contributed by atoms with Crippen molar-refractivity contribution in [3.63, 3.8) is 0 Å². The quantitative estimate of drug-likeness (QED) is 0.201. The molecule has 2 rings (SSSR count). The number of aryl methyl sites for hydroxylation is 1. The standard InChI is InChI=1S/C18H34N6O3.HI/c1-5-25-9-6-8-19-18(20-11-17-23-22-15(3)24(17)4)21-14(2)12-27-16-7-10-26-13-16;/h14,16H,5-13H2,1-4H3,(H2,19,20,21);1H. The highest BCUT2D eigenvalue weighted by atomic mass is 127. The second-order valence-corrected chi connectivity index (χ2v) is 6.73. The molecule has 10 heteroatoms. The van der Waals surface area contributed by atoms with E-state index in [4.69, 9.17) is 14.2 Å². The lowest BCUT2D eigenvalue weighted by Crippen LogP contribution is -2.45. The molecule has 162 valence electrons. The Hall–Kier alpha value is -0.980. The molecule has 1 aliphatic rings. The second-order valence-electron chi connectivity index (χ2n) is 6.73. The van der Waals surface area contributed by atoms with Gasteiger partial charge in [0.2, 0.25) is 0 Å². The van der Waals surface area contributed by atoms with Gasteiger partial charge in [0.1, 0.15) is 12.4 Å². The summed E-state index contributed by atoms with van der Waals surface area (Å²) in [4.78, 5) is 4.66. The van der Waals surface area contributed by atoms with Crippen molar-refractivity contribution in [2.75, 3.05) is 39.6 Å². The minimum atomic E-state index is 0. The first-order chi connectivity index (χ1) is 13.1. The van der Waals surface area contributed by atoms with Crippen LogP contribution in [0.4, 0.5) is 0 Å². The van der Waals surface area contributed by atoms with Crippen LogP contribution in [0.5, 0.6) is 0 Å². The van der Waals surface area contributed by atoms with E-state index in [0.29, 0.717) is 19.8 Å². The van der Waals surface area contributed by atoms with Crippen LogP contribution in [-0.2, 0) is 27.8 Å². The van der Waals surface area contributed by atoms with Gasteiger partial charge in [-0.3, -0.25) is 0 Å². The van der Waals surface area contributed by atoms with Crippen LogP contribution in [0.2, 0.25) is 0 Å². The zero-order valence-corrected chi connectivity index (χ0v) is 19.8. The predicted molar refractivity (Wildman–Crippen MR) is 119 cm³/mol. The molecule has 1 aromatic rings. The van der Waals surface area contributed by atoms with Gasteiger partial charge in [0.05, 0.1) is 19.3 Å². The van der Waals surface area contributed by atoms with Crippen LogP contribution in [0.1, 0.15) is 38.3 Å². The molecule has 2 atom stereocenters. The Morgan fingerprint density at radius 3 is 2.89 bits per heavy atom. The van der Waals surface area contributed by atoms with Crippen molar-refractivity contribution in [2.45, 2.75) is 52.3 Å². The van der Waals surface area contributed by atoms with Crippen LogP contribution < -0.4 is 10.6 Å². The Morgan fingerprint density at radius 1 is 1.43 bits per heavy atom. The number of aromatic nitrogens is 3. The highest BCUT2D eigenvalue weighted by Crippen LogP contribution is 2.08. The Kier molecular flexibility index (Phi) is 12.6. The number of aliphatic imine (C=N–C) groups is 1. The molecule has 2 unspecified atom stereocenters. The maximum atomic E-state index is 5.89. The third kappa shape index (κ3) is 9.01. The Bertz CT molecular complexity index is 578. The van der Waals surface area contributed by atoms with Crippen LogP contribution >= 0.6 is 24.0 Å². The topological polar surface area (TPSA) is 94.8 Å². The van der Waals surface area contributed by atoms with E-state index in [0.717, 1.165) is 56.8 Å². The van der Waals surface area contributed by atoms with Gasteiger partial charge >= 0.3 is 0 Å². The van der Waals surface area contributed by atoms with Gasteiger partial charge in [-0.2, -0.15) is 0 Å². The minimum absolute atomic E-state index is 0. The Labute approximate surface area is 185 Å². The molecular weight excluding hydrogens is 475 g/mol. The van der Waals surface area contributed by atoms with Gasteiger partial charge in [-0.15, -0.1) is 34.2 Å². The molecule has 0 amide bonds. The van der Waals surface area contributed by atoms with Crippen molar-refractivity contribution in [2.24, 2.45) is 12.0 Å². The Balaban J connectivity index is 0.00000392. The fourth-order valence-corrected chi connectivity index (χ4v) is 2.62. The maximum absolute atomic E-state index is 5.89. The molecule has 9 nitrogen and oxygen atoms in total. The molecule has 0 spiro atoms. The van der Waals surface area contributed by atoms with Crippen LogP contribution in [0, 0.1) is 6.92 Å². The maximum Gasteiger partial charge on any atom is 0.191 e. The largest absolute Gasteiger partial charge is 0.382 e. The predicted octanol–water partition coefficient (Wildman–Crippen LogP) is 1.40. The summed E-state index contributed by atoms with van der Waals surface area (Å²) >= 11 is 0. The number of guanidine groups is 1. The summed E-state index contributed by atoms with van der Waals surface area (Å²) in [6, 6.07) is 0.130. The lowest BCUT2D eigenvalue weighted by atomic mass is 10.3. The molecule has 0 bridgehead atoms. The minimum Gasteiger partial charge on any atom is -0.382 e. The molecule has 1 aromatic heterocycles. The molecule has 1 fully saturated rings. The highest BCUT2D eigenvalue weighted by molar-refractivity contribution is 14.0. The van der Waals surface area contributed by atoms with E-state index in [1.54, 1.807) is 0 Å². The van der Waals surface area contributed by atoms with Crippen LogP contribution in [0.3, 0.4) is 0 Å². The normalized spacial score (nSPS) is 18.0. The molecular formula is C18H35IN6O3. The number of hydrogen-bond donors (Lipinski definition) is 2. The number of nitrogens with one attached hydrogen (secondary N) is 2. The average molecular weight is 510 g/mol. The van der Waals surface area contributed by atoms with Gasteiger partial charge in [-0.25, -0.2) is 4.99 Å². The van der Waals surface area contributed by atoms with Gasteiger partial charge in [0.25, 0.3) is 0 Å². The summed E-state index contributed by atoms with van der Waals surface area (Å²) in [6.45, 7) is 10.8. The van der Waals surface area contributed by atoms with E-state index < -0.39 is 0 Å². The van der Waals surface area contributed by atoms with Gasteiger partial charge < -0.3 is 29.4 Å². The smallest absolute Gasteiger partial charge is 0.191 e. The summed E-state index contributed by atoms with van der Waals surface area (Å²) in [5.41, 5.74) is 0. The monoisotopic (exact) mass is 510 g/mol. The van der Waals surface area contributed by atoms with Crippen molar-refractivity contribution in [1.29, 1.82) is 0 Å². The SMILES string of the molecule is CCOCCCNC(=NCc1nnc(C)n1C)NC(C)COC1CCOC1.I. The van der Waals surface area contributed by atoms with E-state index >= 15 is 0 Å². The average Bonchev–Trinajstić information content (AvgIpc) is 3.29. The van der Waals surface area contributed by atoms with Crippen LogP contribution in [0.25, 0.3) is 0 Å². The van der Waals surface area contributed by atoms with Gasteiger partial charge in [0.15, 0.2) is 11.8 Å². The molecule has 2 N–H and O–H groups in total. The van der Waals surface area contributed by atoms with E-state index in [-0.39, 0.29) is 36.1 Å². The fraction of sp³-hybridized carbons (Fsp3) is 0.833. The Morgan fingerprint density at radius 2 is 2.25 bits per heavy atom. The van der Waals surface area contributed by atoms with Gasteiger partial charge in [-0.05, 0) is 33.6 Å². The molecule has 28 heavy (non-hydrogen) atoms. The van der Waals surface area contributed by atoms with Crippen molar-refractivity contribution >= 4 is 29.9 Å². The van der Waals surface area contributed by atoms with E-state index in [2.05, 4.69) is 32.7 Å². The molecule has 0 aliphatic carbocycles. The van der Waals surface area contributed by atoms with Crippen molar-refractivity contribution in [1.82, 2.24) is 25.4 Å². The number of halogens is 1. The zero-order valence-electron chi connectivity index (χ0n) is 17.4. The van der Waals surface area contributed by atoms with Crippen LogP contribution in [0.15, 0.2) is 4.99 Å². The van der Waals surface area contributed by atoms with Gasteiger partial charge in [0, 0.05) is 39.5 Å². The van der Waals surface area contributed by atoms with Crippen molar-refractivity contribution < 1.29 is 14.2 Å². The lowest BCUT2D eigenvalue weighted by molar-refractivity contribution is 0.0347. The lowest BCUT2D eigenvalue weighted by Gasteiger charge is -2.20. The zero-order chi connectivity index (χ0) is 19.5. The first kappa shape index (κ1) is 25.1. The number of hydrogen-bond acceptors (Lipinski definition) is 6. The van der Waals surface area contributed by atoms with E-state index in [1.165, 1.54) is 0 Å². The third-order valence-corrected chi connectivity index (χ3v) is 4.38. The molecule has 1 aliphatic heterocycles. The first-order valence-corrected chi connectivity index (χ1v) is 9.77. The third-order valence-electron chi connectivity index (χ3n) is 4.38. The number of ether oxygens (including phenoxy) is 3. The molecule has 0 saturated carbocycles.